The van der Waals surface area contributed by atoms with Crippen LogP contribution in [-0.2, 0) is 11.3 Å². The minimum absolute atomic E-state index is 0.104. The van der Waals surface area contributed by atoms with Crippen LogP contribution in [0.3, 0.4) is 0 Å². The molecule has 0 saturated heterocycles. The third-order valence-corrected chi connectivity index (χ3v) is 3.72. The molecule has 6 heteroatoms. The van der Waals surface area contributed by atoms with Gasteiger partial charge in [-0.25, -0.2) is 9.97 Å². The highest BCUT2D eigenvalue weighted by atomic mass is 32.1. The maximum Gasteiger partial charge on any atom is 0.233 e. The highest BCUT2D eigenvalue weighted by Gasteiger charge is 2.39. The molecule has 0 fully saturated rings. The number of thiocarbonyl (C=S) groups is 1. The van der Waals surface area contributed by atoms with Crippen molar-refractivity contribution in [1.29, 1.82) is 0 Å². The van der Waals surface area contributed by atoms with Crippen LogP contribution in [0.4, 0.5) is 0 Å². The van der Waals surface area contributed by atoms with E-state index < -0.39 is 5.41 Å². The molecular formula is C14H22N4OS. The van der Waals surface area contributed by atoms with Crippen molar-refractivity contribution in [2.24, 2.45) is 11.1 Å². The molecule has 0 unspecified atom stereocenters. The van der Waals surface area contributed by atoms with E-state index in [0.717, 1.165) is 18.5 Å². The molecule has 1 aromatic rings. The average molecular weight is 294 g/mol. The van der Waals surface area contributed by atoms with Crippen molar-refractivity contribution < 1.29 is 4.79 Å². The van der Waals surface area contributed by atoms with Crippen LogP contribution in [0.25, 0.3) is 0 Å². The number of nitrogens with zero attached hydrogens (tertiary/aromatic N) is 2. The fraction of sp³-hybridized carbons (Fsp3) is 0.571. The molecule has 0 aliphatic carbocycles. The van der Waals surface area contributed by atoms with Gasteiger partial charge in [0.1, 0.15) is 6.33 Å². The van der Waals surface area contributed by atoms with Gasteiger partial charge in [-0.05, 0) is 18.9 Å². The molecule has 1 heterocycles. The van der Waals surface area contributed by atoms with Crippen LogP contribution in [0.15, 0.2) is 18.6 Å². The van der Waals surface area contributed by atoms with Gasteiger partial charge in [0.2, 0.25) is 5.91 Å². The Labute approximate surface area is 125 Å². The van der Waals surface area contributed by atoms with Gasteiger partial charge in [0.25, 0.3) is 0 Å². The lowest BCUT2D eigenvalue weighted by Gasteiger charge is -2.31. The summed E-state index contributed by atoms with van der Waals surface area (Å²) in [5, 5.41) is 2.89. The highest BCUT2D eigenvalue weighted by Crippen LogP contribution is 2.31. The zero-order valence-electron chi connectivity index (χ0n) is 12.1. The number of amides is 1. The molecule has 0 radical (unpaired) electrons. The standard InChI is InChI=1S/C14H22N4OS/c1-3-6-14(7-4-2,12(15)20)13(19)17-9-11-5-8-16-10-18-11/h5,8,10H,3-4,6-7,9H2,1-2H3,(H2,15,20)(H,17,19). The van der Waals surface area contributed by atoms with Gasteiger partial charge in [-0.1, -0.05) is 38.9 Å². The van der Waals surface area contributed by atoms with Crippen LogP contribution in [-0.4, -0.2) is 20.9 Å². The predicted octanol–water partition coefficient (Wildman–Crippen LogP) is 1.97. The quantitative estimate of drug-likeness (QED) is 0.716. The Morgan fingerprint density at radius 2 is 2.05 bits per heavy atom. The van der Waals surface area contributed by atoms with Gasteiger partial charge in [-0.15, -0.1) is 0 Å². The zero-order chi connectivity index (χ0) is 15.0. The Morgan fingerprint density at radius 3 is 2.50 bits per heavy atom. The second-order valence-corrected chi connectivity index (χ2v) is 5.27. The summed E-state index contributed by atoms with van der Waals surface area (Å²) in [6.45, 7) is 4.42. The van der Waals surface area contributed by atoms with Gasteiger partial charge >= 0.3 is 0 Å². The van der Waals surface area contributed by atoms with Gasteiger partial charge < -0.3 is 11.1 Å². The fourth-order valence-electron chi connectivity index (χ4n) is 2.33. The molecule has 1 aromatic heterocycles. The largest absolute Gasteiger partial charge is 0.392 e. The molecule has 0 aromatic carbocycles. The molecule has 110 valence electrons. The average Bonchev–Trinajstić information content (AvgIpc) is 2.45. The Morgan fingerprint density at radius 1 is 1.40 bits per heavy atom. The monoisotopic (exact) mass is 294 g/mol. The molecule has 5 nitrogen and oxygen atoms in total. The first-order valence-electron chi connectivity index (χ1n) is 6.90. The van der Waals surface area contributed by atoms with Gasteiger partial charge in [-0.2, -0.15) is 0 Å². The van der Waals surface area contributed by atoms with Crippen molar-refractivity contribution in [1.82, 2.24) is 15.3 Å². The summed E-state index contributed by atoms with van der Waals surface area (Å²) >= 11 is 5.16. The zero-order valence-corrected chi connectivity index (χ0v) is 12.9. The molecule has 20 heavy (non-hydrogen) atoms. The minimum Gasteiger partial charge on any atom is -0.392 e. The molecule has 0 atom stereocenters. The lowest BCUT2D eigenvalue weighted by molar-refractivity contribution is -0.128. The van der Waals surface area contributed by atoms with Gasteiger partial charge in [0, 0.05) is 6.20 Å². The maximum atomic E-state index is 12.5. The Bertz CT molecular complexity index is 444. The lowest BCUT2D eigenvalue weighted by Crippen LogP contribution is -2.48. The van der Waals surface area contributed by atoms with Gasteiger partial charge in [0.05, 0.1) is 22.6 Å². The molecule has 0 saturated carbocycles. The summed E-state index contributed by atoms with van der Waals surface area (Å²) < 4.78 is 0. The second-order valence-electron chi connectivity index (χ2n) is 4.83. The van der Waals surface area contributed by atoms with Crippen molar-refractivity contribution >= 4 is 23.1 Å². The lowest BCUT2D eigenvalue weighted by atomic mass is 9.78. The van der Waals surface area contributed by atoms with Crippen molar-refractivity contribution in [3.8, 4) is 0 Å². The van der Waals surface area contributed by atoms with Crippen molar-refractivity contribution in [3.63, 3.8) is 0 Å². The Hall–Kier alpha value is -1.56. The van der Waals surface area contributed by atoms with E-state index in [-0.39, 0.29) is 10.9 Å². The first kappa shape index (κ1) is 16.5. The molecular weight excluding hydrogens is 272 g/mol. The molecule has 0 spiro atoms. The molecule has 3 N–H and O–H groups in total. The predicted molar refractivity (Wildman–Crippen MR) is 82.9 cm³/mol. The molecule has 0 bridgehead atoms. The van der Waals surface area contributed by atoms with E-state index in [1.807, 2.05) is 13.8 Å². The third kappa shape index (κ3) is 3.96. The van der Waals surface area contributed by atoms with Crippen LogP contribution in [0, 0.1) is 5.41 Å². The number of hydrogen-bond donors (Lipinski definition) is 2. The van der Waals surface area contributed by atoms with Crippen LogP contribution < -0.4 is 11.1 Å². The van der Waals surface area contributed by atoms with E-state index in [4.69, 9.17) is 18.0 Å². The molecule has 1 rings (SSSR count). The first-order chi connectivity index (χ1) is 9.56. The SMILES string of the molecule is CCCC(CCC)(C(=O)NCc1ccncn1)C(N)=S. The fourth-order valence-corrected chi connectivity index (χ4v) is 2.62. The summed E-state index contributed by atoms with van der Waals surface area (Å²) in [5.41, 5.74) is 5.88. The van der Waals surface area contributed by atoms with Gasteiger partial charge in [-0.3, -0.25) is 4.79 Å². The highest BCUT2D eigenvalue weighted by molar-refractivity contribution is 7.80. The Balaban J connectivity index is 2.80. The summed E-state index contributed by atoms with van der Waals surface area (Å²) in [4.78, 5) is 20.7. The number of hydrogen-bond acceptors (Lipinski definition) is 4. The van der Waals surface area contributed by atoms with Crippen molar-refractivity contribution in [2.45, 2.75) is 46.1 Å². The van der Waals surface area contributed by atoms with Crippen molar-refractivity contribution in [3.05, 3.63) is 24.3 Å². The third-order valence-electron chi connectivity index (χ3n) is 3.33. The maximum absolute atomic E-state index is 12.5. The van der Waals surface area contributed by atoms with E-state index in [0.29, 0.717) is 19.4 Å². The van der Waals surface area contributed by atoms with Gasteiger partial charge in [0.15, 0.2) is 0 Å². The van der Waals surface area contributed by atoms with E-state index >= 15 is 0 Å². The van der Waals surface area contributed by atoms with Crippen LogP contribution in [0.1, 0.15) is 45.2 Å². The normalized spacial score (nSPS) is 11.1. The first-order valence-corrected chi connectivity index (χ1v) is 7.30. The Kier molecular flexibility index (Phi) is 6.51. The topological polar surface area (TPSA) is 80.9 Å². The van der Waals surface area contributed by atoms with E-state index in [9.17, 15) is 4.79 Å². The number of aromatic nitrogens is 2. The summed E-state index contributed by atoms with van der Waals surface area (Å²) in [5.74, 6) is -0.104. The summed E-state index contributed by atoms with van der Waals surface area (Å²) in [6.07, 6.45) is 6.17. The number of nitrogens with two attached hydrogens (primary N) is 1. The number of rotatable bonds is 8. The molecule has 0 aliphatic heterocycles. The van der Waals surface area contributed by atoms with Crippen LogP contribution in [0.5, 0.6) is 0 Å². The van der Waals surface area contributed by atoms with E-state index in [1.54, 1.807) is 12.3 Å². The summed E-state index contributed by atoms with van der Waals surface area (Å²) in [7, 11) is 0. The smallest absolute Gasteiger partial charge is 0.233 e. The van der Waals surface area contributed by atoms with Crippen molar-refractivity contribution in [2.75, 3.05) is 0 Å². The number of carbonyl (C=O) groups excluding carboxylic acids is 1. The van der Waals surface area contributed by atoms with E-state index in [1.165, 1.54) is 6.33 Å². The minimum atomic E-state index is -0.744. The summed E-state index contributed by atoms with van der Waals surface area (Å²) in [6, 6.07) is 1.77. The number of carbonyl (C=O) groups is 1. The second kappa shape index (κ2) is 7.89. The molecule has 1 amide bonds. The number of nitrogens with one attached hydrogen (secondary N) is 1. The molecule has 0 aliphatic rings. The van der Waals surface area contributed by atoms with Crippen LogP contribution in [0.2, 0.25) is 0 Å². The van der Waals surface area contributed by atoms with E-state index in [2.05, 4.69) is 15.3 Å². The van der Waals surface area contributed by atoms with Crippen LogP contribution >= 0.6 is 12.2 Å².